The van der Waals surface area contributed by atoms with Crippen LogP contribution in [0.2, 0.25) is 0 Å². The number of carbonyl (C=O) groups is 1. The standard InChI is InChI=1S/C24H33N3O5S2/c1-16-12-18(3)23(19(4)13-16)34(31,32)27-11-7-8-20(15-27)24(28)25-22-14-21(10-9-17(22)2)33(29,30)26(5)6/h9-10,12-14,20H,7-8,11,15H2,1-6H3,(H,25,28)/t20-/m1/s1. The molecule has 2 aromatic rings. The van der Waals surface area contributed by atoms with Gasteiger partial charge in [0, 0.05) is 32.9 Å². The fourth-order valence-electron chi connectivity index (χ4n) is 4.42. The first-order valence-corrected chi connectivity index (χ1v) is 14.0. The molecule has 1 heterocycles. The van der Waals surface area contributed by atoms with Crippen LogP contribution in [0.5, 0.6) is 0 Å². The van der Waals surface area contributed by atoms with Crippen LogP contribution in [-0.2, 0) is 24.8 Å². The third-order valence-corrected chi connectivity index (χ3v) is 10.2. The number of nitrogens with one attached hydrogen (secondary N) is 1. The molecule has 1 aliphatic rings. The van der Waals surface area contributed by atoms with E-state index in [0.717, 1.165) is 15.4 Å². The topological polar surface area (TPSA) is 104 Å². The molecule has 0 bridgehead atoms. The van der Waals surface area contributed by atoms with Gasteiger partial charge in [0.25, 0.3) is 0 Å². The summed E-state index contributed by atoms with van der Waals surface area (Å²) in [6.07, 6.45) is 1.12. The van der Waals surface area contributed by atoms with Crippen molar-refractivity contribution in [2.75, 3.05) is 32.5 Å². The Hall–Kier alpha value is -2.27. The van der Waals surface area contributed by atoms with Crippen molar-refractivity contribution >= 4 is 31.6 Å². The van der Waals surface area contributed by atoms with Gasteiger partial charge in [0.05, 0.1) is 15.7 Å². The molecule has 10 heteroatoms. The summed E-state index contributed by atoms with van der Waals surface area (Å²) in [4.78, 5) is 13.5. The summed E-state index contributed by atoms with van der Waals surface area (Å²) in [5, 5.41) is 2.83. The van der Waals surface area contributed by atoms with Gasteiger partial charge >= 0.3 is 0 Å². The second kappa shape index (κ2) is 9.77. The van der Waals surface area contributed by atoms with Gasteiger partial charge in [-0.1, -0.05) is 23.8 Å². The summed E-state index contributed by atoms with van der Waals surface area (Å²) < 4.78 is 54.4. The van der Waals surface area contributed by atoms with Crippen molar-refractivity contribution in [3.63, 3.8) is 0 Å². The van der Waals surface area contributed by atoms with Gasteiger partial charge in [-0.25, -0.2) is 21.1 Å². The van der Waals surface area contributed by atoms with Gasteiger partial charge in [-0.2, -0.15) is 4.31 Å². The van der Waals surface area contributed by atoms with E-state index in [1.165, 1.54) is 30.5 Å². The molecule has 1 amide bonds. The maximum Gasteiger partial charge on any atom is 0.243 e. The highest BCUT2D eigenvalue weighted by Crippen LogP contribution is 2.30. The minimum atomic E-state index is -3.75. The average Bonchev–Trinajstić information content (AvgIpc) is 2.74. The maximum absolute atomic E-state index is 13.5. The number of nitrogens with zero attached hydrogens (tertiary/aromatic N) is 2. The zero-order valence-electron chi connectivity index (χ0n) is 20.5. The van der Waals surface area contributed by atoms with E-state index in [2.05, 4.69) is 5.32 Å². The van der Waals surface area contributed by atoms with Crippen LogP contribution in [0.25, 0.3) is 0 Å². The average molecular weight is 508 g/mol. The van der Waals surface area contributed by atoms with Crippen LogP contribution in [0, 0.1) is 33.6 Å². The lowest BCUT2D eigenvalue weighted by molar-refractivity contribution is -0.120. The third kappa shape index (κ3) is 5.19. The lowest BCUT2D eigenvalue weighted by Crippen LogP contribution is -2.44. The summed E-state index contributed by atoms with van der Waals surface area (Å²) >= 11 is 0. The number of anilines is 1. The summed E-state index contributed by atoms with van der Waals surface area (Å²) in [7, 11) is -4.51. The number of hydrogen-bond acceptors (Lipinski definition) is 5. The SMILES string of the molecule is Cc1cc(C)c(S(=O)(=O)N2CCC[C@@H](C(=O)Nc3cc(S(=O)(=O)N(C)C)ccc3C)C2)c(C)c1. The lowest BCUT2D eigenvalue weighted by atomic mass is 9.98. The number of rotatable bonds is 6. The third-order valence-electron chi connectivity index (χ3n) is 6.20. The molecule has 0 spiro atoms. The van der Waals surface area contributed by atoms with Crippen LogP contribution in [-0.4, -0.2) is 58.5 Å². The Morgan fingerprint density at radius 1 is 0.971 bits per heavy atom. The fraction of sp³-hybridized carbons (Fsp3) is 0.458. The van der Waals surface area contributed by atoms with Crippen molar-refractivity contribution in [2.45, 2.75) is 50.3 Å². The predicted octanol–water partition coefficient (Wildman–Crippen LogP) is 3.21. The van der Waals surface area contributed by atoms with Gasteiger partial charge < -0.3 is 5.32 Å². The summed E-state index contributed by atoms with van der Waals surface area (Å²) in [6, 6.07) is 8.30. The van der Waals surface area contributed by atoms with Gasteiger partial charge in [-0.3, -0.25) is 4.79 Å². The number of hydrogen-bond donors (Lipinski definition) is 1. The van der Waals surface area contributed by atoms with E-state index in [0.29, 0.717) is 41.1 Å². The minimum Gasteiger partial charge on any atom is -0.326 e. The van der Waals surface area contributed by atoms with Crippen LogP contribution >= 0.6 is 0 Å². The molecule has 0 saturated carbocycles. The second-order valence-electron chi connectivity index (χ2n) is 9.18. The molecule has 0 radical (unpaired) electrons. The quantitative estimate of drug-likeness (QED) is 0.647. The molecule has 186 valence electrons. The lowest BCUT2D eigenvalue weighted by Gasteiger charge is -2.32. The summed E-state index contributed by atoms with van der Waals surface area (Å²) in [6.45, 7) is 7.72. The van der Waals surface area contributed by atoms with Crippen molar-refractivity contribution < 1.29 is 21.6 Å². The van der Waals surface area contributed by atoms with E-state index in [9.17, 15) is 21.6 Å². The number of carbonyl (C=O) groups excluding carboxylic acids is 1. The van der Waals surface area contributed by atoms with E-state index in [4.69, 9.17) is 0 Å². The number of benzene rings is 2. The van der Waals surface area contributed by atoms with Crippen LogP contribution in [0.4, 0.5) is 5.69 Å². The number of sulfonamides is 2. The van der Waals surface area contributed by atoms with E-state index in [1.54, 1.807) is 26.8 Å². The van der Waals surface area contributed by atoms with Gasteiger partial charge in [-0.15, -0.1) is 0 Å². The number of aryl methyl sites for hydroxylation is 4. The second-order valence-corrected chi connectivity index (χ2v) is 13.2. The highest BCUT2D eigenvalue weighted by atomic mass is 32.2. The van der Waals surface area contributed by atoms with E-state index < -0.39 is 26.0 Å². The first-order chi connectivity index (χ1) is 15.7. The smallest absolute Gasteiger partial charge is 0.243 e. The van der Waals surface area contributed by atoms with Crippen LogP contribution in [0.15, 0.2) is 40.1 Å². The monoisotopic (exact) mass is 507 g/mol. The summed E-state index contributed by atoms with van der Waals surface area (Å²) in [5.74, 6) is -0.858. The number of amides is 1. The van der Waals surface area contributed by atoms with E-state index in [-0.39, 0.29) is 17.3 Å². The molecule has 0 aromatic heterocycles. The Kier molecular flexibility index (Phi) is 7.57. The molecule has 3 rings (SSSR count). The molecule has 2 aromatic carbocycles. The molecule has 1 fully saturated rings. The minimum absolute atomic E-state index is 0.0790. The molecule has 34 heavy (non-hydrogen) atoms. The molecular formula is C24H33N3O5S2. The molecule has 1 N–H and O–H groups in total. The first kappa shape index (κ1) is 26.3. The predicted molar refractivity (Wildman–Crippen MR) is 133 cm³/mol. The Balaban J connectivity index is 1.83. The van der Waals surface area contributed by atoms with Crippen LogP contribution < -0.4 is 5.32 Å². The van der Waals surface area contributed by atoms with Gasteiger partial charge in [0.2, 0.25) is 26.0 Å². The molecule has 1 saturated heterocycles. The normalized spacial score (nSPS) is 17.7. The highest BCUT2D eigenvalue weighted by Gasteiger charge is 2.35. The van der Waals surface area contributed by atoms with Crippen molar-refractivity contribution in [2.24, 2.45) is 5.92 Å². The fourth-order valence-corrected chi connectivity index (χ4v) is 7.28. The molecular weight excluding hydrogens is 474 g/mol. The highest BCUT2D eigenvalue weighted by molar-refractivity contribution is 7.89. The zero-order chi connectivity index (χ0) is 25.4. The number of piperidine rings is 1. The van der Waals surface area contributed by atoms with Crippen molar-refractivity contribution in [1.82, 2.24) is 8.61 Å². The van der Waals surface area contributed by atoms with Crippen molar-refractivity contribution in [1.29, 1.82) is 0 Å². The molecule has 8 nitrogen and oxygen atoms in total. The van der Waals surface area contributed by atoms with Gasteiger partial charge in [0.15, 0.2) is 0 Å². The Bertz CT molecular complexity index is 1300. The maximum atomic E-state index is 13.5. The molecule has 0 unspecified atom stereocenters. The Morgan fingerprint density at radius 3 is 2.18 bits per heavy atom. The summed E-state index contributed by atoms with van der Waals surface area (Å²) in [5.41, 5.74) is 3.51. The zero-order valence-corrected chi connectivity index (χ0v) is 22.2. The van der Waals surface area contributed by atoms with Crippen LogP contribution in [0.1, 0.15) is 35.1 Å². The molecule has 1 aliphatic heterocycles. The Labute approximate surface area is 203 Å². The molecule has 0 aliphatic carbocycles. The van der Waals surface area contributed by atoms with Crippen LogP contribution in [0.3, 0.4) is 0 Å². The van der Waals surface area contributed by atoms with E-state index >= 15 is 0 Å². The Morgan fingerprint density at radius 2 is 1.59 bits per heavy atom. The molecule has 1 atom stereocenters. The van der Waals surface area contributed by atoms with Crippen molar-refractivity contribution in [3.8, 4) is 0 Å². The van der Waals surface area contributed by atoms with Crippen molar-refractivity contribution in [3.05, 3.63) is 52.6 Å². The van der Waals surface area contributed by atoms with Gasteiger partial charge in [0.1, 0.15) is 0 Å². The van der Waals surface area contributed by atoms with Gasteiger partial charge in [-0.05, 0) is 69.4 Å². The first-order valence-electron chi connectivity index (χ1n) is 11.2. The largest absolute Gasteiger partial charge is 0.326 e. The van der Waals surface area contributed by atoms with E-state index in [1.807, 2.05) is 19.1 Å².